The van der Waals surface area contributed by atoms with E-state index in [1.54, 1.807) is 12.1 Å². The summed E-state index contributed by atoms with van der Waals surface area (Å²) >= 11 is 0. The number of hydrogen-bond acceptors (Lipinski definition) is 5. The van der Waals surface area contributed by atoms with Crippen molar-refractivity contribution in [3.8, 4) is 11.3 Å². The summed E-state index contributed by atoms with van der Waals surface area (Å²) in [5.74, 6) is 2.03. The first-order chi connectivity index (χ1) is 14.6. The zero-order chi connectivity index (χ0) is 20.9. The van der Waals surface area contributed by atoms with Crippen LogP contribution >= 0.6 is 0 Å². The van der Waals surface area contributed by atoms with Crippen LogP contribution in [0.1, 0.15) is 27.4 Å². The topological polar surface area (TPSA) is 80.0 Å². The van der Waals surface area contributed by atoms with E-state index in [1.807, 2.05) is 62.4 Å². The molecule has 6 nitrogen and oxygen atoms in total. The van der Waals surface area contributed by atoms with Gasteiger partial charge in [0.1, 0.15) is 23.7 Å². The lowest BCUT2D eigenvalue weighted by molar-refractivity contribution is 0.0948. The van der Waals surface area contributed by atoms with Gasteiger partial charge in [0.25, 0.3) is 5.91 Å². The minimum absolute atomic E-state index is 0.171. The van der Waals surface area contributed by atoms with Crippen molar-refractivity contribution < 1.29 is 9.21 Å². The van der Waals surface area contributed by atoms with Gasteiger partial charge in [-0.15, -0.1) is 0 Å². The van der Waals surface area contributed by atoms with Gasteiger partial charge in [0, 0.05) is 22.9 Å². The second-order valence-corrected chi connectivity index (χ2v) is 7.06. The van der Waals surface area contributed by atoms with Gasteiger partial charge in [-0.3, -0.25) is 4.79 Å². The summed E-state index contributed by atoms with van der Waals surface area (Å²) in [6, 6.07) is 21.1. The van der Waals surface area contributed by atoms with E-state index < -0.39 is 0 Å². The minimum atomic E-state index is -0.171. The number of furan rings is 1. The number of amides is 1. The van der Waals surface area contributed by atoms with Crippen molar-refractivity contribution in [1.29, 1.82) is 0 Å². The molecule has 0 aliphatic carbocycles. The summed E-state index contributed by atoms with van der Waals surface area (Å²) in [4.78, 5) is 21.2. The summed E-state index contributed by atoms with van der Waals surface area (Å²) in [7, 11) is 0. The Morgan fingerprint density at radius 1 is 0.967 bits per heavy atom. The molecule has 150 valence electrons. The fraction of sp³-hybridized carbons (Fsp3) is 0.125. The van der Waals surface area contributed by atoms with Gasteiger partial charge < -0.3 is 15.1 Å². The van der Waals surface area contributed by atoms with E-state index in [2.05, 4.69) is 26.7 Å². The molecule has 2 aromatic heterocycles. The number of aromatic nitrogens is 2. The first-order valence-corrected chi connectivity index (χ1v) is 9.66. The number of carbonyl (C=O) groups is 1. The summed E-state index contributed by atoms with van der Waals surface area (Å²) in [5, 5.41) is 6.12. The van der Waals surface area contributed by atoms with Gasteiger partial charge >= 0.3 is 0 Å². The molecular weight excluding hydrogens is 376 g/mol. The summed E-state index contributed by atoms with van der Waals surface area (Å²) in [6.07, 6.45) is 1.53. The van der Waals surface area contributed by atoms with Crippen molar-refractivity contribution in [2.75, 3.05) is 5.32 Å². The molecule has 4 aromatic rings. The number of rotatable bonds is 6. The Morgan fingerprint density at radius 3 is 2.63 bits per heavy atom. The van der Waals surface area contributed by atoms with Crippen LogP contribution in [0.4, 0.5) is 11.5 Å². The highest BCUT2D eigenvalue weighted by Crippen LogP contribution is 2.22. The van der Waals surface area contributed by atoms with Crippen LogP contribution in [0.25, 0.3) is 11.3 Å². The van der Waals surface area contributed by atoms with Crippen molar-refractivity contribution in [3.63, 3.8) is 0 Å². The maximum absolute atomic E-state index is 12.5. The Bertz CT molecular complexity index is 1180. The minimum Gasteiger partial charge on any atom is -0.465 e. The van der Waals surface area contributed by atoms with Crippen molar-refractivity contribution in [2.24, 2.45) is 0 Å². The number of carbonyl (C=O) groups excluding carboxylic acids is 1. The number of aryl methyl sites for hydroxylation is 2. The predicted octanol–water partition coefficient (Wildman–Crippen LogP) is 5.03. The fourth-order valence-electron chi connectivity index (χ4n) is 3.12. The monoisotopic (exact) mass is 398 g/mol. The average molecular weight is 398 g/mol. The van der Waals surface area contributed by atoms with Crippen LogP contribution in [0.5, 0.6) is 0 Å². The lowest BCUT2D eigenvalue weighted by atomic mass is 10.1. The Kier molecular flexibility index (Phi) is 5.57. The molecule has 2 aromatic carbocycles. The van der Waals surface area contributed by atoms with Gasteiger partial charge in [0.15, 0.2) is 0 Å². The number of nitrogens with zero attached hydrogens (tertiary/aromatic N) is 2. The van der Waals surface area contributed by atoms with Crippen LogP contribution in [-0.2, 0) is 6.54 Å². The van der Waals surface area contributed by atoms with Crippen LogP contribution in [0.2, 0.25) is 0 Å². The third-order valence-corrected chi connectivity index (χ3v) is 4.60. The van der Waals surface area contributed by atoms with Crippen LogP contribution in [-0.4, -0.2) is 15.9 Å². The van der Waals surface area contributed by atoms with Gasteiger partial charge in [-0.05, 0) is 50.2 Å². The molecule has 30 heavy (non-hydrogen) atoms. The molecule has 2 heterocycles. The van der Waals surface area contributed by atoms with Gasteiger partial charge in [-0.25, -0.2) is 9.97 Å². The first-order valence-electron chi connectivity index (χ1n) is 9.66. The summed E-state index contributed by atoms with van der Waals surface area (Å²) < 4.78 is 5.49. The molecule has 0 atom stereocenters. The van der Waals surface area contributed by atoms with E-state index in [1.165, 1.54) is 11.9 Å². The second kappa shape index (κ2) is 8.61. The highest BCUT2D eigenvalue weighted by molar-refractivity contribution is 5.95. The molecule has 1 amide bonds. The van der Waals surface area contributed by atoms with E-state index in [-0.39, 0.29) is 5.91 Å². The van der Waals surface area contributed by atoms with E-state index in [9.17, 15) is 4.79 Å². The summed E-state index contributed by atoms with van der Waals surface area (Å²) in [5.41, 5.74) is 4.35. The van der Waals surface area contributed by atoms with Gasteiger partial charge in [-0.1, -0.05) is 29.8 Å². The van der Waals surface area contributed by atoms with Crippen molar-refractivity contribution in [2.45, 2.75) is 20.4 Å². The van der Waals surface area contributed by atoms with Crippen LogP contribution < -0.4 is 10.6 Å². The molecule has 6 heteroatoms. The zero-order valence-corrected chi connectivity index (χ0v) is 16.8. The molecule has 0 aliphatic heterocycles. The van der Waals surface area contributed by atoms with Crippen molar-refractivity contribution in [3.05, 3.63) is 95.7 Å². The number of benzene rings is 2. The molecule has 0 aliphatic rings. The highest BCUT2D eigenvalue weighted by atomic mass is 16.3. The van der Waals surface area contributed by atoms with E-state index >= 15 is 0 Å². The zero-order valence-electron chi connectivity index (χ0n) is 16.8. The van der Waals surface area contributed by atoms with E-state index in [0.717, 1.165) is 28.5 Å². The Hall–Kier alpha value is -3.93. The van der Waals surface area contributed by atoms with Crippen LogP contribution in [0.15, 0.2) is 77.5 Å². The second-order valence-electron chi connectivity index (χ2n) is 7.06. The largest absolute Gasteiger partial charge is 0.465 e. The lowest BCUT2D eigenvalue weighted by Crippen LogP contribution is -2.22. The van der Waals surface area contributed by atoms with Crippen LogP contribution in [0.3, 0.4) is 0 Å². The predicted molar refractivity (Wildman–Crippen MR) is 117 cm³/mol. The third kappa shape index (κ3) is 4.72. The molecule has 0 bridgehead atoms. The number of anilines is 2. The standard InChI is InChI=1S/C24H22N4O2/c1-16-5-3-6-18(11-16)22-13-23(27-15-26-22)28-20-8-4-7-19(12-20)24(29)25-14-21-10-9-17(2)30-21/h3-13,15H,14H2,1-2H3,(H,25,29)(H,26,27,28). The summed E-state index contributed by atoms with van der Waals surface area (Å²) in [6.45, 7) is 4.27. The molecule has 0 spiro atoms. The quantitative estimate of drug-likeness (QED) is 0.476. The molecule has 0 radical (unpaired) electrons. The molecular formula is C24H22N4O2. The van der Waals surface area contributed by atoms with Crippen LogP contribution in [0, 0.1) is 13.8 Å². The Morgan fingerprint density at radius 2 is 1.83 bits per heavy atom. The molecule has 0 fully saturated rings. The first kappa shape index (κ1) is 19.4. The average Bonchev–Trinajstić information content (AvgIpc) is 3.17. The SMILES string of the molecule is Cc1cccc(-c2cc(Nc3cccc(C(=O)NCc4ccc(C)o4)c3)ncn2)c1. The fourth-order valence-corrected chi connectivity index (χ4v) is 3.12. The molecule has 0 saturated carbocycles. The van der Waals surface area contributed by atoms with Crippen molar-refractivity contribution >= 4 is 17.4 Å². The molecule has 0 saturated heterocycles. The maximum atomic E-state index is 12.5. The number of hydrogen-bond donors (Lipinski definition) is 2. The molecule has 0 unspecified atom stereocenters. The molecule has 2 N–H and O–H groups in total. The van der Waals surface area contributed by atoms with Gasteiger partial charge in [-0.2, -0.15) is 0 Å². The Labute approximate surface area is 175 Å². The van der Waals surface area contributed by atoms with Gasteiger partial charge in [0.05, 0.1) is 12.2 Å². The third-order valence-electron chi connectivity index (χ3n) is 4.60. The highest BCUT2D eigenvalue weighted by Gasteiger charge is 2.09. The van der Waals surface area contributed by atoms with Gasteiger partial charge in [0.2, 0.25) is 0 Å². The van der Waals surface area contributed by atoms with E-state index in [0.29, 0.717) is 17.9 Å². The molecule has 4 rings (SSSR count). The maximum Gasteiger partial charge on any atom is 0.251 e. The normalized spacial score (nSPS) is 10.6. The Balaban J connectivity index is 1.46. The lowest BCUT2D eigenvalue weighted by Gasteiger charge is -2.09. The van der Waals surface area contributed by atoms with E-state index in [4.69, 9.17) is 4.42 Å². The smallest absolute Gasteiger partial charge is 0.251 e. The number of nitrogens with one attached hydrogen (secondary N) is 2. The van der Waals surface area contributed by atoms with Crippen molar-refractivity contribution in [1.82, 2.24) is 15.3 Å².